The van der Waals surface area contributed by atoms with E-state index in [9.17, 15) is 4.79 Å². The van der Waals surface area contributed by atoms with Crippen LogP contribution >= 0.6 is 0 Å². The summed E-state index contributed by atoms with van der Waals surface area (Å²) >= 11 is 0. The normalized spacial score (nSPS) is 15.3. The van der Waals surface area contributed by atoms with Crippen LogP contribution in [0.2, 0.25) is 0 Å². The molecule has 0 spiro atoms. The van der Waals surface area contributed by atoms with Gasteiger partial charge in [-0.1, -0.05) is 0 Å². The number of hydrogen-bond acceptors (Lipinski definition) is 3. The van der Waals surface area contributed by atoms with Crippen LogP contribution in [0.4, 0.5) is 0 Å². The van der Waals surface area contributed by atoms with Crippen LogP contribution in [-0.2, 0) is 0 Å². The van der Waals surface area contributed by atoms with Gasteiger partial charge in [0.1, 0.15) is 0 Å². The Kier molecular flexibility index (Phi) is 1.92. The highest BCUT2D eigenvalue weighted by Crippen LogP contribution is 2.33. The fourth-order valence-electron chi connectivity index (χ4n) is 1.74. The van der Waals surface area contributed by atoms with Crippen molar-refractivity contribution in [2.45, 2.75) is 25.8 Å². The number of aryl methyl sites for hydroxylation is 1. The average Bonchev–Trinajstić information content (AvgIpc) is 3.02. The molecule has 2 aromatic heterocycles. The van der Waals surface area contributed by atoms with Gasteiger partial charge in [-0.3, -0.25) is 4.79 Å². The van der Waals surface area contributed by atoms with Crippen LogP contribution in [0.1, 0.15) is 24.6 Å². The van der Waals surface area contributed by atoms with Gasteiger partial charge in [0.05, 0.1) is 5.69 Å². The van der Waals surface area contributed by atoms with Crippen LogP contribution in [0.15, 0.2) is 29.5 Å². The quantitative estimate of drug-likeness (QED) is 0.754. The highest BCUT2D eigenvalue weighted by molar-refractivity contribution is 5.18. The third kappa shape index (κ3) is 1.44. The zero-order valence-electron chi connectivity index (χ0n) is 9.00. The Morgan fingerprint density at radius 1 is 1.38 bits per heavy atom. The maximum atomic E-state index is 12.1. The first kappa shape index (κ1) is 9.33. The van der Waals surface area contributed by atoms with Crippen LogP contribution in [0.25, 0.3) is 5.82 Å². The summed E-state index contributed by atoms with van der Waals surface area (Å²) in [7, 11) is 0. The minimum Gasteiger partial charge on any atom is -0.308 e. The second kappa shape index (κ2) is 3.30. The molecule has 0 N–H and O–H groups in total. The van der Waals surface area contributed by atoms with Crippen molar-refractivity contribution in [3.05, 3.63) is 40.7 Å². The Balaban J connectivity index is 2.14. The van der Waals surface area contributed by atoms with Gasteiger partial charge in [0, 0.05) is 24.6 Å². The minimum absolute atomic E-state index is 0.0619. The smallest absolute Gasteiger partial charge is 0.295 e. The Hall–Kier alpha value is -1.91. The summed E-state index contributed by atoms with van der Waals surface area (Å²) in [6.07, 6.45) is 7.34. The molecule has 0 bridgehead atoms. The summed E-state index contributed by atoms with van der Waals surface area (Å²) in [5.74, 6) is 0.377. The van der Waals surface area contributed by atoms with Gasteiger partial charge >= 0.3 is 0 Å². The third-order valence-corrected chi connectivity index (χ3v) is 2.73. The predicted molar refractivity (Wildman–Crippen MR) is 58.6 cm³/mol. The van der Waals surface area contributed by atoms with Gasteiger partial charge in [-0.15, -0.1) is 0 Å². The molecule has 5 heteroatoms. The molecule has 0 aliphatic heterocycles. The summed E-state index contributed by atoms with van der Waals surface area (Å²) in [6.45, 7) is 1.89. The molecule has 0 atom stereocenters. The van der Waals surface area contributed by atoms with Gasteiger partial charge in [0.15, 0.2) is 0 Å². The van der Waals surface area contributed by atoms with Crippen molar-refractivity contribution in [1.29, 1.82) is 0 Å². The average molecular weight is 216 g/mol. The first-order chi connectivity index (χ1) is 7.75. The fourth-order valence-corrected chi connectivity index (χ4v) is 1.74. The molecule has 1 aliphatic carbocycles. The van der Waals surface area contributed by atoms with Gasteiger partial charge < -0.3 is 4.57 Å². The van der Waals surface area contributed by atoms with Gasteiger partial charge in [-0.25, -0.2) is 9.67 Å². The van der Waals surface area contributed by atoms with E-state index in [0.29, 0.717) is 11.9 Å². The number of hydrogen-bond donors (Lipinski definition) is 0. The lowest BCUT2D eigenvalue weighted by molar-refractivity contribution is 0.676. The molecule has 1 fully saturated rings. The molecule has 5 nitrogen and oxygen atoms in total. The van der Waals surface area contributed by atoms with E-state index in [-0.39, 0.29) is 5.56 Å². The van der Waals surface area contributed by atoms with Crippen molar-refractivity contribution in [1.82, 2.24) is 19.3 Å². The summed E-state index contributed by atoms with van der Waals surface area (Å²) < 4.78 is 3.29. The van der Waals surface area contributed by atoms with Crippen molar-refractivity contribution < 1.29 is 0 Å². The molecule has 0 unspecified atom stereocenters. The zero-order valence-corrected chi connectivity index (χ0v) is 9.00. The fraction of sp³-hybridized carbons (Fsp3) is 0.364. The van der Waals surface area contributed by atoms with E-state index in [1.807, 2.05) is 13.0 Å². The number of aromatic nitrogens is 4. The standard InChI is InChI=1S/C11H12N4O/c1-8-4-6-15(13-8)10-11(16)14(7-5-12-10)9-2-3-9/h4-7,9H,2-3H2,1H3. The van der Waals surface area contributed by atoms with Crippen LogP contribution in [-0.4, -0.2) is 19.3 Å². The topological polar surface area (TPSA) is 52.7 Å². The lowest BCUT2D eigenvalue weighted by Gasteiger charge is -2.05. The van der Waals surface area contributed by atoms with Crippen LogP contribution in [0.3, 0.4) is 0 Å². The molecule has 82 valence electrons. The van der Waals surface area contributed by atoms with E-state index in [2.05, 4.69) is 10.1 Å². The maximum absolute atomic E-state index is 12.1. The molecular formula is C11H12N4O. The van der Waals surface area contributed by atoms with E-state index < -0.39 is 0 Å². The molecule has 2 heterocycles. The Bertz CT molecular complexity index is 580. The number of nitrogens with zero attached hydrogens (tertiary/aromatic N) is 4. The summed E-state index contributed by atoms with van der Waals surface area (Å²) in [5, 5.41) is 4.20. The van der Waals surface area contributed by atoms with Crippen LogP contribution < -0.4 is 5.56 Å². The van der Waals surface area contributed by atoms with Crippen molar-refractivity contribution in [2.24, 2.45) is 0 Å². The molecule has 0 radical (unpaired) electrons. The highest BCUT2D eigenvalue weighted by atomic mass is 16.1. The molecule has 16 heavy (non-hydrogen) atoms. The van der Waals surface area contributed by atoms with Gasteiger partial charge in [-0.05, 0) is 25.8 Å². The molecule has 0 amide bonds. The third-order valence-electron chi connectivity index (χ3n) is 2.73. The summed E-state index contributed by atoms with van der Waals surface area (Å²) in [5.41, 5.74) is 0.816. The van der Waals surface area contributed by atoms with Crippen molar-refractivity contribution in [3.63, 3.8) is 0 Å². The van der Waals surface area contributed by atoms with Gasteiger partial charge in [0.2, 0.25) is 5.82 Å². The summed E-state index contributed by atoms with van der Waals surface area (Å²) in [6, 6.07) is 2.22. The van der Waals surface area contributed by atoms with Crippen molar-refractivity contribution in [2.75, 3.05) is 0 Å². The first-order valence-electron chi connectivity index (χ1n) is 5.35. The molecule has 1 saturated carbocycles. The van der Waals surface area contributed by atoms with E-state index in [1.165, 1.54) is 4.68 Å². The highest BCUT2D eigenvalue weighted by Gasteiger charge is 2.25. The van der Waals surface area contributed by atoms with E-state index in [0.717, 1.165) is 18.5 Å². The minimum atomic E-state index is -0.0619. The molecular weight excluding hydrogens is 204 g/mol. The second-order valence-electron chi connectivity index (χ2n) is 4.10. The molecule has 0 aromatic carbocycles. The molecule has 2 aromatic rings. The molecule has 1 aliphatic rings. The Labute approximate surface area is 92.4 Å². The predicted octanol–water partition coefficient (Wildman–Crippen LogP) is 1.07. The second-order valence-corrected chi connectivity index (χ2v) is 4.10. The Morgan fingerprint density at radius 2 is 2.19 bits per heavy atom. The molecule has 0 saturated heterocycles. The maximum Gasteiger partial charge on any atom is 0.295 e. The SMILES string of the molecule is Cc1ccn(-c2nccn(C3CC3)c2=O)n1. The monoisotopic (exact) mass is 216 g/mol. The van der Waals surface area contributed by atoms with E-state index in [1.54, 1.807) is 23.2 Å². The summed E-state index contributed by atoms with van der Waals surface area (Å²) in [4.78, 5) is 16.2. The van der Waals surface area contributed by atoms with Crippen molar-refractivity contribution >= 4 is 0 Å². The first-order valence-corrected chi connectivity index (χ1v) is 5.35. The van der Waals surface area contributed by atoms with Crippen LogP contribution in [0.5, 0.6) is 0 Å². The van der Waals surface area contributed by atoms with Gasteiger partial charge in [0.25, 0.3) is 5.56 Å². The lowest BCUT2D eigenvalue weighted by atomic mass is 10.5. The largest absolute Gasteiger partial charge is 0.308 e. The van der Waals surface area contributed by atoms with Crippen LogP contribution in [0, 0.1) is 6.92 Å². The Morgan fingerprint density at radius 3 is 2.81 bits per heavy atom. The zero-order chi connectivity index (χ0) is 11.1. The van der Waals surface area contributed by atoms with Crippen molar-refractivity contribution in [3.8, 4) is 5.82 Å². The van der Waals surface area contributed by atoms with E-state index >= 15 is 0 Å². The van der Waals surface area contributed by atoms with Gasteiger partial charge in [-0.2, -0.15) is 5.10 Å². The molecule has 3 rings (SSSR count). The number of rotatable bonds is 2. The lowest BCUT2D eigenvalue weighted by Crippen LogP contribution is -2.24. The van der Waals surface area contributed by atoms with E-state index in [4.69, 9.17) is 0 Å².